The summed E-state index contributed by atoms with van der Waals surface area (Å²) in [5, 5.41) is 0. The van der Waals surface area contributed by atoms with Gasteiger partial charge >= 0.3 is 0 Å². The molecule has 0 aliphatic heterocycles. The maximum absolute atomic E-state index is 3.36. The Morgan fingerprint density at radius 3 is 0.643 bits per heavy atom. The zero-order valence-electron chi connectivity index (χ0n) is 20.4. The molecule has 0 unspecified atom stereocenters. The summed E-state index contributed by atoms with van der Waals surface area (Å²) in [4.78, 5) is 0. The topological polar surface area (TPSA) is 0 Å². The maximum atomic E-state index is 3.36. The largest absolute Gasteiger partial charge is 0.103 e. The van der Waals surface area contributed by atoms with Gasteiger partial charge in [-0.2, -0.15) is 0 Å². The van der Waals surface area contributed by atoms with Crippen LogP contribution in [0.5, 0.6) is 0 Å². The first-order valence-corrected chi connectivity index (χ1v) is 9.31. The van der Waals surface area contributed by atoms with E-state index in [2.05, 4.69) is 65.1 Å². The zero-order chi connectivity index (χ0) is 24.1. The Morgan fingerprint density at radius 1 is 0.429 bits per heavy atom. The minimum Gasteiger partial charge on any atom is -0.103 e. The van der Waals surface area contributed by atoms with Crippen LogP contribution in [0.25, 0.3) is 0 Å². The highest BCUT2D eigenvalue weighted by molar-refractivity contribution is 5.11. The van der Waals surface area contributed by atoms with Crippen LogP contribution in [0.15, 0.2) is 119 Å². The Kier molecular flexibility index (Phi) is 139. The van der Waals surface area contributed by atoms with Gasteiger partial charge in [-0.15, -0.1) is 46.1 Å². The van der Waals surface area contributed by atoms with Gasteiger partial charge in [-0.1, -0.05) is 78.4 Å². The van der Waals surface area contributed by atoms with Crippen molar-refractivity contribution in [3.05, 3.63) is 124 Å². The molecule has 0 heterocycles. The fourth-order valence-electron chi connectivity index (χ4n) is 0.534. The fraction of sp³-hybridized carbons (Fsp3) is 0.286. The van der Waals surface area contributed by atoms with Crippen molar-refractivity contribution in [1.82, 2.24) is 0 Å². The lowest BCUT2D eigenvalue weighted by Crippen LogP contribution is -1.62. The van der Waals surface area contributed by atoms with E-state index in [9.17, 15) is 0 Å². The summed E-state index contributed by atoms with van der Waals surface area (Å²) < 4.78 is 0. The first-order chi connectivity index (χ1) is 13.3. The van der Waals surface area contributed by atoms with Gasteiger partial charge in [-0.25, -0.2) is 0 Å². The van der Waals surface area contributed by atoms with Crippen molar-refractivity contribution in [2.24, 2.45) is 0 Å². The summed E-state index contributed by atoms with van der Waals surface area (Å²) in [5.41, 5.74) is 1.32. The van der Waals surface area contributed by atoms with Crippen LogP contribution in [0.4, 0.5) is 0 Å². The number of allylic oxidation sites excluding steroid dienone is 7. The van der Waals surface area contributed by atoms with Crippen LogP contribution < -0.4 is 0 Å². The van der Waals surface area contributed by atoms with Crippen molar-refractivity contribution in [2.45, 2.75) is 55.4 Å². The molecule has 162 valence electrons. The van der Waals surface area contributed by atoms with E-state index in [4.69, 9.17) is 0 Å². The molecular formula is C28H50. The first kappa shape index (κ1) is 44.7. The van der Waals surface area contributed by atoms with Crippen LogP contribution in [-0.2, 0) is 0 Å². The Balaban J connectivity index is -0.0000000375. The molecule has 0 fully saturated rings. The highest BCUT2D eigenvalue weighted by atomic mass is 13.8. The predicted molar refractivity (Wildman–Crippen MR) is 142 cm³/mol. The average molecular weight is 387 g/mol. The van der Waals surface area contributed by atoms with E-state index in [0.717, 1.165) is 0 Å². The summed E-state index contributed by atoms with van der Waals surface area (Å²) >= 11 is 0. The molecule has 0 heteroatoms. The predicted octanol–water partition coefficient (Wildman–Crippen LogP) is 10.3. The monoisotopic (exact) mass is 386 g/mol. The molecule has 0 aliphatic carbocycles. The van der Waals surface area contributed by atoms with Gasteiger partial charge in [-0.05, 0) is 55.4 Å². The molecule has 0 N–H and O–H groups in total. The van der Waals surface area contributed by atoms with Gasteiger partial charge in [0.15, 0.2) is 0 Å². The molecule has 28 heavy (non-hydrogen) atoms. The van der Waals surface area contributed by atoms with E-state index in [-0.39, 0.29) is 0 Å². The van der Waals surface area contributed by atoms with E-state index < -0.39 is 0 Å². The van der Waals surface area contributed by atoms with Crippen molar-refractivity contribution < 1.29 is 0 Å². The second kappa shape index (κ2) is 86.9. The standard InChI is InChI=1S/C7H8.7C3H6/c1-7-5-3-2-4-6-7;7*1-3-2/h2-6H,1H3;7*3H,1H2,2H3. The molecule has 0 nitrogen and oxygen atoms in total. The lowest BCUT2D eigenvalue weighted by Gasteiger charge is -1.82. The normalized spacial score (nSPS) is 5.43. The Labute approximate surface area is 180 Å². The molecule has 1 aromatic rings. The molecule has 0 amide bonds. The van der Waals surface area contributed by atoms with E-state index in [1.807, 2.05) is 66.7 Å². The van der Waals surface area contributed by atoms with Crippen molar-refractivity contribution >= 4 is 0 Å². The number of hydrogen-bond donors (Lipinski definition) is 0. The third kappa shape index (κ3) is 403. The number of hydrogen-bond acceptors (Lipinski definition) is 0. The molecule has 0 aromatic heterocycles. The zero-order valence-corrected chi connectivity index (χ0v) is 20.4. The maximum Gasteiger partial charge on any atom is -0.0398 e. The lowest BCUT2D eigenvalue weighted by atomic mass is 10.2. The van der Waals surface area contributed by atoms with Gasteiger partial charge in [0.05, 0.1) is 0 Å². The van der Waals surface area contributed by atoms with E-state index in [1.165, 1.54) is 5.56 Å². The SMILES string of the molecule is C=CC.C=CC.C=CC.C=CC.C=CC.C=CC.C=CC.Cc1ccccc1. The molecule has 0 spiro atoms. The minimum atomic E-state index is 1.32. The first-order valence-electron chi connectivity index (χ1n) is 9.31. The van der Waals surface area contributed by atoms with Crippen LogP contribution >= 0.6 is 0 Å². The van der Waals surface area contributed by atoms with Crippen LogP contribution in [0.3, 0.4) is 0 Å². The second-order valence-corrected chi connectivity index (χ2v) is 4.51. The van der Waals surface area contributed by atoms with Crippen molar-refractivity contribution in [3.63, 3.8) is 0 Å². The Bertz CT molecular complexity index is 321. The molecule has 1 aromatic carbocycles. The third-order valence-electron chi connectivity index (χ3n) is 0.940. The summed E-state index contributed by atoms with van der Waals surface area (Å²) in [7, 11) is 0. The Morgan fingerprint density at radius 2 is 0.571 bits per heavy atom. The molecule has 0 bridgehead atoms. The van der Waals surface area contributed by atoms with Crippen molar-refractivity contribution in [3.8, 4) is 0 Å². The van der Waals surface area contributed by atoms with Crippen LogP contribution in [-0.4, -0.2) is 0 Å². The smallest absolute Gasteiger partial charge is 0.0398 e. The van der Waals surface area contributed by atoms with Crippen molar-refractivity contribution in [2.75, 3.05) is 0 Å². The number of benzene rings is 1. The second-order valence-electron chi connectivity index (χ2n) is 4.51. The highest BCUT2D eigenvalue weighted by Crippen LogP contribution is 1.92. The minimum absolute atomic E-state index is 1.32. The molecule has 1 rings (SSSR count). The van der Waals surface area contributed by atoms with Crippen molar-refractivity contribution in [1.29, 1.82) is 0 Å². The summed E-state index contributed by atoms with van der Waals surface area (Å²) in [6, 6.07) is 10.3. The number of rotatable bonds is 0. The van der Waals surface area contributed by atoms with Gasteiger partial charge < -0.3 is 0 Å². The average Bonchev–Trinajstić information content (AvgIpc) is 2.60. The van der Waals surface area contributed by atoms with E-state index in [0.29, 0.717) is 0 Å². The molecule has 0 saturated heterocycles. The summed E-state index contributed by atoms with van der Waals surface area (Å²) in [6.45, 7) is 38.8. The van der Waals surface area contributed by atoms with E-state index in [1.54, 1.807) is 42.5 Å². The molecule has 0 radical (unpaired) electrons. The Hall–Kier alpha value is -2.60. The van der Waals surface area contributed by atoms with Gasteiger partial charge in [0, 0.05) is 0 Å². The quantitative estimate of drug-likeness (QED) is 0.389. The molecule has 0 atom stereocenters. The summed E-state index contributed by atoms with van der Waals surface area (Å²) in [6.07, 6.45) is 12.2. The highest BCUT2D eigenvalue weighted by Gasteiger charge is 1.72. The van der Waals surface area contributed by atoms with Gasteiger partial charge in [0.25, 0.3) is 0 Å². The number of aryl methyl sites for hydroxylation is 1. The lowest BCUT2D eigenvalue weighted by molar-refractivity contribution is 1.48. The van der Waals surface area contributed by atoms with Gasteiger partial charge in [0.2, 0.25) is 0 Å². The van der Waals surface area contributed by atoms with Crippen LogP contribution in [0.1, 0.15) is 54.0 Å². The molecular weight excluding hydrogens is 336 g/mol. The molecule has 0 saturated carbocycles. The molecule has 0 aliphatic rings. The summed E-state index contributed by atoms with van der Waals surface area (Å²) in [5.74, 6) is 0. The third-order valence-corrected chi connectivity index (χ3v) is 0.940. The van der Waals surface area contributed by atoms with Gasteiger partial charge in [0.1, 0.15) is 0 Å². The van der Waals surface area contributed by atoms with Gasteiger partial charge in [-0.3, -0.25) is 0 Å². The van der Waals surface area contributed by atoms with E-state index >= 15 is 0 Å². The van der Waals surface area contributed by atoms with Crippen LogP contribution in [0.2, 0.25) is 0 Å². The van der Waals surface area contributed by atoms with Crippen LogP contribution in [0, 0.1) is 6.92 Å². The fourth-order valence-corrected chi connectivity index (χ4v) is 0.534.